The van der Waals surface area contributed by atoms with Crippen molar-refractivity contribution in [3.63, 3.8) is 0 Å². The molecule has 0 saturated heterocycles. The van der Waals surface area contributed by atoms with Gasteiger partial charge in [0, 0.05) is 11.8 Å². The number of aromatic nitrogens is 3. The summed E-state index contributed by atoms with van der Waals surface area (Å²) in [7, 11) is 1.67. The van der Waals surface area contributed by atoms with Crippen molar-refractivity contribution in [3.8, 4) is 22.6 Å². The van der Waals surface area contributed by atoms with Crippen LogP contribution in [0.25, 0.3) is 22.9 Å². The Bertz CT molecular complexity index is 1370. The lowest BCUT2D eigenvalue weighted by Gasteiger charge is -2.32. The number of amides is 1. The minimum Gasteiger partial charge on any atom is -0.496 e. The molecule has 4 aromatic rings. The van der Waals surface area contributed by atoms with Crippen LogP contribution in [0.15, 0.2) is 79.1 Å². The molecule has 0 saturated carbocycles. The third kappa shape index (κ3) is 2.55. The van der Waals surface area contributed by atoms with E-state index in [9.17, 15) is 4.79 Å². The SMILES string of the molecule is COc1ccccc1-c1ccc2c(c1)C1c3cnnn3-c3ccccc3C(=O)N1C=C2. The van der Waals surface area contributed by atoms with Gasteiger partial charge in [-0.15, -0.1) is 5.10 Å². The molecule has 31 heavy (non-hydrogen) atoms. The van der Waals surface area contributed by atoms with E-state index < -0.39 is 0 Å². The van der Waals surface area contributed by atoms with Crippen molar-refractivity contribution in [3.05, 3.63) is 102 Å². The number of benzene rings is 3. The van der Waals surface area contributed by atoms with Gasteiger partial charge in [0.1, 0.15) is 11.8 Å². The Morgan fingerprint density at radius 2 is 1.77 bits per heavy atom. The number of carbonyl (C=O) groups is 1. The van der Waals surface area contributed by atoms with Gasteiger partial charge < -0.3 is 9.64 Å². The van der Waals surface area contributed by atoms with E-state index in [4.69, 9.17) is 4.74 Å². The topological polar surface area (TPSA) is 60.3 Å². The molecule has 0 radical (unpaired) electrons. The zero-order chi connectivity index (χ0) is 20.9. The summed E-state index contributed by atoms with van der Waals surface area (Å²) in [6, 6.07) is 21.4. The number of nitrogens with zero attached hydrogens (tertiary/aromatic N) is 4. The first-order valence-electron chi connectivity index (χ1n) is 10.0. The summed E-state index contributed by atoms with van der Waals surface area (Å²) in [4.78, 5) is 15.3. The van der Waals surface area contributed by atoms with Crippen LogP contribution in [0.5, 0.6) is 5.75 Å². The van der Waals surface area contributed by atoms with Crippen LogP contribution in [0.1, 0.15) is 33.2 Å². The molecule has 1 unspecified atom stereocenters. The van der Waals surface area contributed by atoms with Crippen molar-refractivity contribution in [1.82, 2.24) is 19.9 Å². The van der Waals surface area contributed by atoms with Crippen LogP contribution in [0, 0.1) is 0 Å². The first kappa shape index (κ1) is 17.7. The van der Waals surface area contributed by atoms with Crippen molar-refractivity contribution in [1.29, 1.82) is 0 Å². The summed E-state index contributed by atoms with van der Waals surface area (Å²) in [5.74, 6) is 0.748. The average Bonchev–Trinajstić information content (AvgIpc) is 3.28. The number of ether oxygens (including phenoxy) is 1. The zero-order valence-electron chi connectivity index (χ0n) is 16.8. The summed E-state index contributed by atoms with van der Waals surface area (Å²) < 4.78 is 7.35. The van der Waals surface area contributed by atoms with Gasteiger partial charge >= 0.3 is 0 Å². The van der Waals surface area contributed by atoms with E-state index in [1.807, 2.05) is 60.8 Å². The Morgan fingerprint density at radius 3 is 2.65 bits per heavy atom. The average molecular weight is 406 g/mol. The highest BCUT2D eigenvalue weighted by Crippen LogP contribution is 2.42. The van der Waals surface area contributed by atoms with Gasteiger partial charge in [0.15, 0.2) is 0 Å². The molecule has 0 spiro atoms. The van der Waals surface area contributed by atoms with Gasteiger partial charge in [-0.05, 0) is 47.0 Å². The minimum atomic E-state index is -0.329. The lowest BCUT2D eigenvalue weighted by molar-refractivity contribution is 0.0790. The second-order valence-electron chi connectivity index (χ2n) is 7.56. The number of methoxy groups -OCH3 is 1. The van der Waals surface area contributed by atoms with Crippen LogP contribution >= 0.6 is 0 Å². The lowest BCUT2D eigenvalue weighted by Crippen LogP contribution is -2.32. The second kappa shape index (κ2) is 6.67. The Balaban J connectivity index is 1.58. The van der Waals surface area contributed by atoms with E-state index >= 15 is 0 Å². The molecular weight excluding hydrogens is 388 g/mol. The second-order valence-corrected chi connectivity index (χ2v) is 7.56. The van der Waals surface area contributed by atoms with Crippen molar-refractivity contribution in [2.24, 2.45) is 0 Å². The summed E-state index contributed by atoms with van der Waals surface area (Å²) in [6.45, 7) is 0. The molecule has 6 heteroatoms. The molecule has 6 rings (SSSR count). The molecule has 1 amide bonds. The molecule has 2 aliphatic heterocycles. The highest BCUT2D eigenvalue weighted by molar-refractivity contribution is 6.00. The maximum absolute atomic E-state index is 13.5. The van der Waals surface area contributed by atoms with E-state index in [1.165, 1.54) is 0 Å². The molecule has 0 aliphatic carbocycles. The third-order valence-corrected chi connectivity index (χ3v) is 5.95. The molecule has 1 atom stereocenters. The molecule has 0 bridgehead atoms. The first-order valence-corrected chi connectivity index (χ1v) is 10.0. The van der Waals surface area contributed by atoms with Gasteiger partial charge in [0.05, 0.1) is 30.3 Å². The summed E-state index contributed by atoms with van der Waals surface area (Å²) in [6.07, 6.45) is 5.58. The number of para-hydroxylation sites is 2. The normalized spacial score (nSPS) is 16.1. The molecule has 2 aliphatic rings. The fraction of sp³-hybridized carbons (Fsp3) is 0.0800. The number of carbonyl (C=O) groups excluding carboxylic acids is 1. The number of fused-ring (bicyclic) bond motifs is 7. The number of rotatable bonds is 2. The smallest absolute Gasteiger partial charge is 0.260 e. The predicted octanol–water partition coefficient (Wildman–Crippen LogP) is 4.47. The van der Waals surface area contributed by atoms with Crippen molar-refractivity contribution in [2.45, 2.75) is 6.04 Å². The van der Waals surface area contributed by atoms with E-state index in [-0.39, 0.29) is 11.9 Å². The molecule has 1 aromatic heterocycles. The van der Waals surface area contributed by atoms with Crippen LogP contribution in [0.2, 0.25) is 0 Å². The van der Waals surface area contributed by atoms with Gasteiger partial charge in [0.25, 0.3) is 5.91 Å². The van der Waals surface area contributed by atoms with Crippen molar-refractivity contribution < 1.29 is 9.53 Å². The largest absolute Gasteiger partial charge is 0.496 e. The number of hydrogen-bond acceptors (Lipinski definition) is 4. The third-order valence-electron chi connectivity index (χ3n) is 5.95. The highest BCUT2D eigenvalue weighted by Gasteiger charge is 2.37. The van der Waals surface area contributed by atoms with E-state index in [0.717, 1.165) is 39.4 Å². The van der Waals surface area contributed by atoms with Gasteiger partial charge in [-0.25, -0.2) is 4.68 Å². The maximum Gasteiger partial charge on any atom is 0.260 e. The Hall–Kier alpha value is -4.19. The molecule has 0 N–H and O–H groups in total. The van der Waals surface area contributed by atoms with E-state index in [2.05, 4.69) is 28.5 Å². The van der Waals surface area contributed by atoms with Crippen LogP contribution < -0.4 is 4.74 Å². The van der Waals surface area contributed by atoms with Gasteiger partial charge in [-0.1, -0.05) is 47.7 Å². The Labute approximate surface area is 179 Å². The summed E-state index contributed by atoms with van der Waals surface area (Å²) >= 11 is 0. The zero-order valence-corrected chi connectivity index (χ0v) is 16.8. The van der Waals surface area contributed by atoms with E-state index in [0.29, 0.717) is 5.56 Å². The molecule has 3 aromatic carbocycles. The fourth-order valence-electron chi connectivity index (χ4n) is 4.49. The van der Waals surface area contributed by atoms with Gasteiger partial charge in [-0.3, -0.25) is 4.79 Å². The molecule has 3 heterocycles. The number of hydrogen-bond donors (Lipinski definition) is 0. The molecular formula is C25H18N4O2. The standard InChI is InChI=1S/C25H18N4O2/c1-31-23-9-5-3-6-18(23)17-11-10-16-12-13-28-24(20(16)14-17)22-15-26-27-29(22)21-8-4-2-7-19(21)25(28)30/h2-15,24H,1H3. The minimum absolute atomic E-state index is 0.0595. The predicted molar refractivity (Wildman–Crippen MR) is 117 cm³/mol. The van der Waals surface area contributed by atoms with Crippen LogP contribution in [0.3, 0.4) is 0 Å². The van der Waals surface area contributed by atoms with Crippen molar-refractivity contribution in [2.75, 3.05) is 7.11 Å². The molecule has 0 fully saturated rings. The van der Waals surface area contributed by atoms with Crippen LogP contribution in [-0.4, -0.2) is 32.9 Å². The Kier molecular flexibility index (Phi) is 3.80. The quantitative estimate of drug-likeness (QED) is 0.493. The maximum atomic E-state index is 13.5. The van der Waals surface area contributed by atoms with Gasteiger partial charge in [-0.2, -0.15) is 0 Å². The highest BCUT2D eigenvalue weighted by atomic mass is 16.5. The molecule has 150 valence electrons. The molecule has 6 nitrogen and oxygen atoms in total. The van der Waals surface area contributed by atoms with Gasteiger partial charge in [0.2, 0.25) is 0 Å². The summed E-state index contributed by atoms with van der Waals surface area (Å²) in [5.41, 5.74) is 6.31. The van der Waals surface area contributed by atoms with Crippen LogP contribution in [-0.2, 0) is 0 Å². The fourth-order valence-corrected chi connectivity index (χ4v) is 4.49. The lowest BCUT2D eigenvalue weighted by atomic mass is 9.90. The van der Waals surface area contributed by atoms with E-state index in [1.54, 1.807) is 22.9 Å². The summed E-state index contributed by atoms with van der Waals surface area (Å²) in [5, 5.41) is 8.48. The Morgan fingerprint density at radius 1 is 0.968 bits per heavy atom. The first-order chi connectivity index (χ1) is 15.3. The van der Waals surface area contributed by atoms with Crippen LogP contribution in [0.4, 0.5) is 0 Å². The van der Waals surface area contributed by atoms with Crippen molar-refractivity contribution >= 4 is 12.0 Å². The monoisotopic (exact) mass is 406 g/mol.